The number of carbonyl (C=O) groups excluding carboxylic acids is 1. The number of carbonyl (C=O) groups is 1. The normalized spacial score (nSPS) is 15.2. The van der Waals surface area contributed by atoms with Gasteiger partial charge in [0.1, 0.15) is 0 Å². The van der Waals surface area contributed by atoms with Crippen molar-refractivity contribution in [3.05, 3.63) is 44.2 Å². The van der Waals surface area contributed by atoms with E-state index in [1.54, 1.807) is 26.2 Å². The van der Waals surface area contributed by atoms with Gasteiger partial charge in [-0.2, -0.15) is 5.10 Å². The minimum atomic E-state index is -0.242. The Morgan fingerprint density at radius 2 is 2.04 bits per heavy atom. The molecule has 0 saturated carbocycles. The minimum absolute atomic E-state index is 0.0858. The molecule has 2 aromatic rings. The molecule has 9 nitrogen and oxygen atoms in total. The zero-order chi connectivity index (χ0) is 18.7. The van der Waals surface area contributed by atoms with Crippen LogP contribution in [0.4, 0.5) is 5.69 Å². The second-order valence-corrected chi connectivity index (χ2v) is 6.77. The molecule has 0 spiro atoms. The lowest BCUT2D eigenvalue weighted by atomic mass is 9.96. The van der Waals surface area contributed by atoms with Crippen LogP contribution in [-0.2, 0) is 18.3 Å². The summed E-state index contributed by atoms with van der Waals surface area (Å²) >= 11 is 0. The number of nitrogens with one attached hydrogen (secondary N) is 3. The Balaban J connectivity index is 1.46. The summed E-state index contributed by atoms with van der Waals surface area (Å²) in [7, 11) is 1.63. The largest absolute Gasteiger partial charge is 0.370 e. The fraction of sp³-hybridized carbons (Fsp3) is 0.529. The van der Waals surface area contributed by atoms with Gasteiger partial charge in [0.05, 0.1) is 18.3 Å². The molecule has 1 saturated heterocycles. The van der Waals surface area contributed by atoms with Crippen LogP contribution in [0, 0.1) is 12.8 Å². The van der Waals surface area contributed by atoms with Crippen molar-refractivity contribution < 1.29 is 4.79 Å². The van der Waals surface area contributed by atoms with Gasteiger partial charge < -0.3 is 15.3 Å². The van der Waals surface area contributed by atoms with Crippen LogP contribution in [0.15, 0.2) is 21.9 Å². The molecule has 0 unspecified atom stereocenters. The molecule has 1 fully saturated rings. The third kappa shape index (κ3) is 4.04. The summed E-state index contributed by atoms with van der Waals surface area (Å²) in [5.74, 6) is 0.247. The average Bonchev–Trinajstić information content (AvgIpc) is 2.95. The SMILES string of the molecule is Cc1[nH][nH]c(=O)c1CC(=O)NCC1CCN(c2cnn(C)c(=O)c2)CC1. The number of H-pyrrole nitrogens is 2. The summed E-state index contributed by atoms with van der Waals surface area (Å²) in [5, 5.41) is 12.2. The third-order valence-electron chi connectivity index (χ3n) is 4.95. The quantitative estimate of drug-likeness (QED) is 0.676. The second kappa shape index (κ2) is 7.59. The lowest BCUT2D eigenvalue weighted by molar-refractivity contribution is -0.120. The summed E-state index contributed by atoms with van der Waals surface area (Å²) in [6.07, 6.45) is 3.65. The maximum Gasteiger partial charge on any atom is 0.268 e. The minimum Gasteiger partial charge on any atom is -0.370 e. The topological polar surface area (TPSA) is 116 Å². The van der Waals surface area contributed by atoms with Gasteiger partial charge in [0.15, 0.2) is 0 Å². The number of aryl methyl sites for hydroxylation is 2. The van der Waals surface area contributed by atoms with E-state index in [0.717, 1.165) is 31.6 Å². The van der Waals surface area contributed by atoms with Gasteiger partial charge in [-0.05, 0) is 25.7 Å². The van der Waals surface area contributed by atoms with Crippen LogP contribution in [0.2, 0.25) is 0 Å². The summed E-state index contributed by atoms with van der Waals surface area (Å²) in [6, 6.07) is 1.60. The van der Waals surface area contributed by atoms with Crippen LogP contribution in [0.5, 0.6) is 0 Å². The van der Waals surface area contributed by atoms with Crippen LogP contribution >= 0.6 is 0 Å². The van der Waals surface area contributed by atoms with Crippen LogP contribution in [-0.4, -0.2) is 45.5 Å². The van der Waals surface area contributed by atoms with Gasteiger partial charge in [0, 0.05) is 44.0 Å². The number of aromatic amines is 2. The molecule has 1 amide bonds. The van der Waals surface area contributed by atoms with Crippen molar-refractivity contribution in [1.29, 1.82) is 0 Å². The maximum absolute atomic E-state index is 12.1. The lowest BCUT2D eigenvalue weighted by Gasteiger charge is -2.33. The first-order valence-corrected chi connectivity index (χ1v) is 8.75. The number of hydrogen-bond donors (Lipinski definition) is 3. The Labute approximate surface area is 150 Å². The molecule has 140 valence electrons. The van der Waals surface area contributed by atoms with Crippen LogP contribution < -0.4 is 21.3 Å². The number of hydrogen-bond acceptors (Lipinski definition) is 5. The zero-order valence-electron chi connectivity index (χ0n) is 15.0. The van der Waals surface area contributed by atoms with Crippen molar-refractivity contribution in [2.75, 3.05) is 24.5 Å². The fourth-order valence-electron chi connectivity index (χ4n) is 3.19. The Morgan fingerprint density at radius 1 is 1.31 bits per heavy atom. The molecule has 1 aliphatic heterocycles. The standard InChI is InChI=1S/C17H24N6O3/c1-11-14(17(26)21-20-11)8-15(24)18-9-12-3-5-23(6-4-12)13-7-16(25)22(2)19-10-13/h7,10,12H,3-6,8-9H2,1-2H3,(H,18,24)(H2,20,21,26). The van der Waals surface area contributed by atoms with Gasteiger partial charge in [-0.15, -0.1) is 0 Å². The Bertz CT molecular complexity index is 888. The molecule has 3 rings (SSSR count). The molecule has 3 N–H and O–H groups in total. The summed E-state index contributed by atoms with van der Waals surface area (Å²) in [5.41, 5.74) is 1.66. The number of amides is 1. The molecule has 0 radical (unpaired) electrons. The monoisotopic (exact) mass is 360 g/mol. The van der Waals surface area contributed by atoms with E-state index < -0.39 is 0 Å². The van der Waals surface area contributed by atoms with Crippen molar-refractivity contribution in [2.45, 2.75) is 26.2 Å². The average molecular weight is 360 g/mol. The molecular weight excluding hydrogens is 336 g/mol. The maximum atomic E-state index is 12.1. The summed E-state index contributed by atoms with van der Waals surface area (Å²) in [4.78, 5) is 37.5. The van der Waals surface area contributed by atoms with Crippen molar-refractivity contribution in [3.63, 3.8) is 0 Å². The molecule has 0 aromatic carbocycles. The highest BCUT2D eigenvalue weighted by atomic mass is 16.2. The molecule has 9 heteroatoms. The first-order chi connectivity index (χ1) is 12.4. The number of nitrogens with zero attached hydrogens (tertiary/aromatic N) is 3. The number of anilines is 1. The Morgan fingerprint density at radius 3 is 2.65 bits per heavy atom. The molecule has 2 aromatic heterocycles. The van der Waals surface area contributed by atoms with E-state index in [2.05, 4.69) is 25.5 Å². The molecule has 0 bridgehead atoms. The molecular formula is C17H24N6O3. The van der Waals surface area contributed by atoms with Crippen molar-refractivity contribution in [1.82, 2.24) is 25.3 Å². The van der Waals surface area contributed by atoms with Gasteiger partial charge in [-0.3, -0.25) is 19.5 Å². The summed E-state index contributed by atoms with van der Waals surface area (Å²) in [6.45, 7) is 4.02. The van der Waals surface area contributed by atoms with Gasteiger partial charge in [0.25, 0.3) is 11.1 Å². The van der Waals surface area contributed by atoms with Crippen LogP contribution in [0.1, 0.15) is 24.1 Å². The van der Waals surface area contributed by atoms with E-state index in [9.17, 15) is 14.4 Å². The molecule has 0 atom stereocenters. The van der Waals surface area contributed by atoms with E-state index in [-0.39, 0.29) is 23.4 Å². The number of rotatable bonds is 5. The van der Waals surface area contributed by atoms with E-state index in [0.29, 0.717) is 23.7 Å². The molecule has 3 heterocycles. The Hall–Kier alpha value is -2.84. The van der Waals surface area contributed by atoms with E-state index >= 15 is 0 Å². The van der Waals surface area contributed by atoms with E-state index in [1.807, 2.05) is 0 Å². The second-order valence-electron chi connectivity index (χ2n) is 6.77. The lowest BCUT2D eigenvalue weighted by Crippen LogP contribution is -2.39. The first kappa shape index (κ1) is 18.0. The molecule has 1 aliphatic rings. The van der Waals surface area contributed by atoms with Gasteiger partial charge >= 0.3 is 0 Å². The summed E-state index contributed by atoms with van der Waals surface area (Å²) < 4.78 is 1.31. The van der Waals surface area contributed by atoms with Gasteiger partial charge in [-0.1, -0.05) is 0 Å². The van der Waals surface area contributed by atoms with Crippen LogP contribution in [0.3, 0.4) is 0 Å². The Kier molecular flexibility index (Phi) is 5.24. The highest BCUT2D eigenvalue weighted by molar-refractivity contribution is 5.78. The molecule has 26 heavy (non-hydrogen) atoms. The molecule has 0 aliphatic carbocycles. The van der Waals surface area contributed by atoms with Crippen molar-refractivity contribution in [3.8, 4) is 0 Å². The zero-order valence-corrected chi connectivity index (χ0v) is 15.0. The number of piperidine rings is 1. The van der Waals surface area contributed by atoms with Gasteiger partial charge in [0.2, 0.25) is 5.91 Å². The van der Waals surface area contributed by atoms with E-state index in [1.165, 1.54) is 4.68 Å². The fourth-order valence-corrected chi connectivity index (χ4v) is 3.19. The highest BCUT2D eigenvalue weighted by Gasteiger charge is 2.21. The van der Waals surface area contributed by atoms with Crippen LogP contribution in [0.25, 0.3) is 0 Å². The van der Waals surface area contributed by atoms with Crippen molar-refractivity contribution in [2.24, 2.45) is 13.0 Å². The smallest absolute Gasteiger partial charge is 0.268 e. The van der Waals surface area contributed by atoms with Crippen molar-refractivity contribution >= 4 is 11.6 Å². The first-order valence-electron chi connectivity index (χ1n) is 8.75. The predicted molar refractivity (Wildman–Crippen MR) is 97.3 cm³/mol. The predicted octanol–water partition coefficient (Wildman–Crippen LogP) is -0.320. The third-order valence-corrected chi connectivity index (χ3v) is 4.95. The highest BCUT2D eigenvalue weighted by Crippen LogP contribution is 2.21. The number of aromatic nitrogens is 4. The van der Waals surface area contributed by atoms with E-state index in [4.69, 9.17) is 0 Å². The van der Waals surface area contributed by atoms with Gasteiger partial charge in [-0.25, -0.2) is 4.68 Å².